The van der Waals surface area contributed by atoms with E-state index >= 15 is 0 Å². The number of rotatable bonds is 3. The lowest BCUT2D eigenvalue weighted by molar-refractivity contribution is -0.140. The summed E-state index contributed by atoms with van der Waals surface area (Å²) in [6, 6.07) is 4.27. The van der Waals surface area contributed by atoms with E-state index in [0.29, 0.717) is 28.8 Å². The number of hydrogen-bond donors (Lipinski definition) is 1. The maximum absolute atomic E-state index is 13.2. The Morgan fingerprint density at radius 1 is 1.47 bits per heavy atom. The molecule has 0 heterocycles. The Kier molecular flexibility index (Phi) is 4.41. The summed E-state index contributed by atoms with van der Waals surface area (Å²) in [6.07, 6.45) is 2.84. The van der Waals surface area contributed by atoms with Gasteiger partial charge in [0, 0.05) is 10.9 Å². The van der Waals surface area contributed by atoms with Gasteiger partial charge in [0.2, 0.25) is 0 Å². The molecular formula is C15H18BrFO2. The Bertz CT molecular complexity index is 479. The van der Waals surface area contributed by atoms with Crippen molar-refractivity contribution in [1.29, 1.82) is 0 Å². The van der Waals surface area contributed by atoms with E-state index in [0.717, 1.165) is 12.8 Å². The summed E-state index contributed by atoms with van der Waals surface area (Å²) < 4.78 is 13.9. The molecule has 1 fully saturated rings. The SMILES string of the molecule is CC1CCC(O)(C(=O)Cc2cc(F)ccc2Br)CC1. The van der Waals surface area contributed by atoms with Crippen LogP contribution in [0.5, 0.6) is 0 Å². The topological polar surface area (TPSA) is 37.3 Å². The van der Waals surface area contributed by atoms with Crippen LogP contribution in [0.4, 0.5) is 4.39 Å². The number of ketones is 1. The fraction of sp³-hybridized carbons (Fsp3) is 0.533. The molecule has 0 unspecified atom stereocenters. The third-order valence-corrected chi connectivity index (χ3v) is 4.75. The Labute approximate surface area is 121 Å². The minimum atomic E-state index is -1.22. The summed E-state index contributed by atoms with van der Waals surface area (Å²) >= 11 is 3.31. The molecular weight excluding hydrogens is 311 g/mol. The Morgan fingerprint density at radius 2 is 2.11 bits per heavy atom. The van der Waals surface area contributed by atoms with Crippen molar-refractivity contribution in [2.75, 3.05) is 0 Å². The summed E-state index contributed by atoms with van der Waals surface area (Å²) in [6.45, 7) is 2.13. The first-order chi connectivity index (χ1) is 8.90. The average Bonchev–Trinajstić information content (AvgIpc) is 2.37. The van der Waals surface area contributed by atoms with Crippen molar-refractivity contribution in [2.45, 2.75) is 44.6 Å². The number of aliphatic hydroxyl groups is 1. The monoisotopic (exact) mass is 328 g/mol. The van der Waals surface area contributed by atoms with Crippen molar-refractivity contribution in [3.05, 3.63) is 34.1 Å². The minimum Gasteiger partial charge on any atom is -0.382 e. The first kappa shape index (κ1) is 14.7. The molecule has 0 aromatic heterocycles. The number of Topliss-reactive ketones (excluding diaryl/α,β-unsaturated/α-hetero) is 1. The van der Waals surface area contributed by atoms with Crippen molar-refractivity contribution in [2.24, 2.45) is 5.92 Å². The second kappa shape index (κ2) is 5.71. The van der Waals surface area contributed by atoms with Crippen LogP contribution >= 0.6 is 15.9 Å². The van der Waals surface area contributed by atoms with Crippen molar-refractivity contribution in [3.8, 4) is 0 Å². The molecule has 2 rings (SSSR count). The van der Waals surface area contributed by atoms with E-state index in [2.05, 4.69) is 22.9 Å². The van der Waals surface area contributed by atoms with Crippen LogP contribution in [0.25, 0.3) is 0 Å². The summed E-state index contributed by atoms with van der Waals surface area (Å²) in [5.41, 5.74) is -0.629. The van der Waals surface area contributed by atoms with E-state index < -0.39 is 5.60 Å². The van der Waals surface area contributed by atoms with E-state index in [1.807, 2.05) is 0 Å². The molecule has 0 atom stereocenters. The normalized spacial score (nSPS) is 27.3. The predicted octanol–water partition coefficient (Wildman–Crippen LogP) is 3.64. The van der Waals surface area contributed by atoms with Gasteiger partial charge in [-0.05, 0) is 55.4 Å². The van der Waals surface area contributed by atoms with Gasteiger partial charge in [0.15, 0.2) is 5.78 Å². The molecule has 4 heteroatoms. The summed E-state index contributed by atoms with van der Waals surface area (Å²) in [4.78, 5) is 12.3. The van der Waals surface area contributed by atoms with Gasteiger partial charge in [-0.2, -0.15) is 0 Å². The molecule has 0 aliphatic heterocycles. The molecule has 0 radical (unpaired) electrons. The van der Waals surface area contributed by atoms with Gasteiger partial charge in [-0.15, -0.1) is 0 Å². The highest BCUT2D eigenvalue weighted by Gasteiger charge is 2.38. The standard InChI is InChI=1S/C15H18BrFO2/c1-10-4-6-15(19,7-5-10)14(18)9-11-8-12(17)2-3-13(11)16/h2-3,8,10,19H,4-7,9H2,1H3. The molecule has 1 aromatic rings. The third-order valence-electron chi connectivity index (χ3n) is 3.98. The van der Waals surface area contributed by atoms with Gasteiger partial charge < -0.3 is 5.11 Å². The number of halogens is 2. The number of benzene rings is 1. The summed E-state index contributed by atoms with van der Waals surface area (Å²) in [5.74, 6) is -0.00469. The Morgan fingerprint density at radius 3 is 2.74 bits per heavy atom. The van der Waals surface area contributed by atoms with Crippen molar-refractivity contribution in [1.82, 2.24) is 0 Å². The largest absolute Gasteiger partial charge is 0.382 e. The van der Waals surface area contributed by atoms with Gasteiger partial charge >= 0.3 is 0 Å². The summed E-state index contributed by atoms with van der Waals surface area (Å²) in [7, 11) is 0. The highest BCUT2D eigenvalue weighted by Crippen LogP contribution is 2.33. The van der Waals surface area contributed by atoms with Gasteiger partial charge in [0.25, 0.3) is 0 Å². The minimum absolute atomic E-state index is 0.0726. The molecule has 0 bridgehead atoms. The Balaban J connectivity index is 2.10. The second-order valence-corrected chi connectivity index (χ2v) is 6.40. The first-order valence-electron chi connectivity index (χ1n) is 6.60. The van der Waals surface area contributed by atoms with E-state index in [1.54, 1.807) is 6.07 Å². The first-order valence-corrected chi connectivity index (χ1v) is 7.39. The molecule has 1 aliphatic carbocycles. The fourth-order valence-electron chi connectivity index (χ4n) is 2.53. The zero-order valence-corrected chi connectivity index (χ0v) is 12.5. The van der Waals surface area contributed by atoms with Crippen LogP contribution in [0.3, 0.4) is 0 Å². The molecule has 104 valence electrons. The average molecular weight is 329 g/mol. The van der Waals surface area contributed by atoms with Crippen LogP contribution in [-0.4, -0.2) is 16.5 Å². The zero-order valence-electron chi connectivity index (χ0n) is 11.0. The molecule has 1 aromatic carbocycles. The van der Waals surface area contributed by atoms with Crippen molar-refractivity contribution < 1.29 is 14.3 Å². The van der Waals surface area contributed by atoms with Crippen molar-refractivity contribution in [3.63, 3.8) is 0 Å². The third kappa shape index (κ3) is 3.42. The molecule has 1 N–H and O–H groups in total. The van der Waals surface area contributed by atoms with Crippen molar-refractivity contribution >= 4 is 21.7 Å². The van der Waals surface area contributed by atoms with Crippen LogP contribution < -0.4 is 0 Å². The maximum atomic E-state index is 13.2. The Hall–Kier alpha value is -0.740. The molecule has 0 amide bonds. The van der Waals surface area contributed by atoms with E-state index in [4.69, 9.17) is 0 Å². The molecule has 1 saturated carbocycles. The lowest BCUT2D eigenvalue weighted by Gasteiger charge is -2.33. The van der Waals surface area contributed by atoms with E-state index in [1.165, 1.54) is 12.1 Å². The highest BCUT2D eigenvalue weighted by molar-refractivity contribution is 9.10. The van der Waals surface area contributed by atoms with Crippen LogP contribution in [0.2, 0.25) is 0 Å². The van der Waals surface area contributed by atoms with Gasteiger partial charge in [-0.1, -0.05) is 22.9 Å². The van der Waals surface area contributed by atoms with E-state index in [9.17, 15) is 14.3 Å². The molecule has 0 spiro atoms. The predicted molar refractivity (Wildman–Crippen MR) is 75.4 cm³/mol. The molecule has 1 aliphatic rings. The maximum Gasteiger partial charge on any atom is 0.168 e. The van der Waals surface area contributed by atoms with Gasteiger partial charge in [-0.3, -0.25) is 4.79 Å². The molecule has 0 saturated heterocycles. The van der Waals surface area contributed by atoms with E-state index in [-0.39, 0.29) is 18.0 Å². The van der Waals surface area contributed by atoms with Gasteiger partial charge in [0.05, 0.1) is 0 Å². The summed E-state index contributed by atoms with van der Waals surface area (Å²) in [5, 5.41) is 10.4. The van der Waals surface area contributed by atoms with Gasteiger partial charge in [0.1, 0.15) is 11.4 Å². The van der Waals surface area contributed by atoms with Crippen LogP contribution in [0.15, 0.2) is 22.7 Å². The fourth-order valence-corrected chi connectivity index (χ4v) is 2.92. The van der Waals surface area contributed by atoms with Crippen LogP contribution in [-0.2, 0) is 11.2 Å². The van der Waals surface area contributed by atoms with Crippen LogP contribution in [0, 0.1) is 11.7 Å². The highest BCUT2D eigenvalue weighted by atomic mass is 79.9. The second-order valence-electron chi connectivity index (χ2n) is 5.55. The molecule has 2 nitrogen and oxygen atoms in total. The molecule has 19 heavy (non-hydrogen) atoms. The smallest absolute Gasteiger partial charge is 0.168 e. The lowest BCUT2D eigenvalue weighted by Crippen LogP contribution is -2.42. The zero-order chi connectivity index (χ0) is 14.0. The quantitative estimate of drug-likeness (QED) is 0.919. The van der Waals surface area contributed by atoms with Crippen LogP contribution in [0.1, 0.15) is 38.2 Å². The number of hydrogen-bond acceptors (Lipinski definition) is 2. The van der Waals surface area contributed by atoms with Gasteiger partial charge in [-0.25, -0.2) is 4.39 Å². The number of carbonyl (C=O) groups excluding carboxylic acids is 1. The number of carbonyl (C=O) groups is 1. The lowest BCUT2D eigenvalue weighted by atomic mass is 9.76.